The van der Waals surface area contributed by atoms with Crippen molar-refractivity contribution < 1.29 is 18.3 Å². The molecule has 0 aliphatic heterocycles. The molecule has 0 spiro atoms. The molecule has 1 aromatic carbocycles. The Morgan fingerprint density at radius 2 is 2.19 bits per heavy atom. The number of carboxylic acids is 1. The fourth-order valence-corrected chi connectivity index (χ4v) is 3.74. The Bertz CT molecular complexity index is 772. The number of H-pyrrole nitrogens is 1. The quantitative estimate of drug-likeness (QED) is 0.737. The van der Waals surface area contributed by atoms with E-state index in [2.05, 4.69) is 30.8 Å². The van der Waals surface area contributed by atoms with Crippen LogP contribution in [-0.2, 0) is 16.6 Å². The van der Waals surface area contributed by atoms with Crippen LogP contribution >= 0.6 is 15.9 Å². The van der Waals surface area contributed by atoms with Crippen LogP contribution in [-0.4, -0.2) is 29.7 Å². The molecule has 1 heterocycles. The predicted molar refractivity (Wildman–Crippen MR) is 78.5 cm³/mol. The van der Waals surface area contributed by atoms with E-state index in [-0.39, 0.29) is 17.0 Å². The number of benzene rings is 1. The van der Waals surface area contributed by atoms with Gasteiger partial charge >= 0.3 is 5.97 Å². The zero-order valence-electron chi connectivity index (χ0n) is 10.9. The minimum atomic E-state index is -3.85. The minimum Gasteiger partial charge on any atom is -0.478 e. The number of carbonyl (C=O) groups is 1. The Kier molecular flexibility index (Phi) is 4.45. The van der Waals surface area contributed by atoms with E-state index in [1.165, 1.54) is 12.3 Å². The number of nitrogens with one attached hydrogen (secondary N) is 2. The molecule has 0 saturated heterocycles. The summed E-state index contributed by atoms with van der Waals surface area (Å²) in [6.45, 7) is 1.66. The summed E-state index contributed by atoms with van der Waals surface area (Å²) in [5, 5.41) is 15.4. The van der Waals surface area contributed by atoms with Crippen molar-refractivity contribution in [2.24, 2.45) is 0 Å². The van der Waals surface area contributed by atoms with Gasteiger partial charge in [-0.25, -0.2) is 17.9 Å². The lowest BCUT2D eigenvalue weighted by Gasteiger charge is -2.11. The van der Waals surface area contributed by atoms with Crippen LogP contribution in [0.2, 0.25) is 0 Å². The monoisotopic (exact) mass is 373 g/mol. The lowest BCUT2D eigenvalue weighted by atomic mass is 10.1. The standard InChI is InChI=1S/C12H12BrN3O4S/c1-7-4-8(12(17)18)5-10(11(7)13)21(19,20)15-6-9-2-3-14-16-9/h2-5,15H,6H2,1H3,(H,14,16)(H,17,18). The lowest BCUT2D eigenvalue weighted by Crippen LogP contribution is -2.24. The molecule has 0 atom stereocenters. The van der Waals surface area contributed by atoms with Crippen molar-refractivity contribution in [3.05, 3.63) is 45.7 Å². The highest BCUT2D eigenvalue weighted by atomic mass is 79.9. The van der Waals surface area contributed by atoms with Crippen molar-refractivity contribution in [3.63, 3.8) is 0 Å². The molecule has 0 aliphatic rings. The van der Waals surface area contributed by atoms with Gasteiger partial charge in [-0.05, 0) is 46.6 Å². The summed E-state index contributed by atoms with van der Waals surface area (Å²) in [5.41, 5.74) is 1.04. The maximum Gasteiger partial charge on any atom is 0.335 e. The second kappa shape index (κ2) is 5.96. The van der Waals surface area contributed by atoms with Gasteiger partial charge < -0.3 is 5.11 Å². The summed E-state index contributed by atoms with van der Waals surface area (Å²) < 4.78 is 27.3. The van der Waals surface area contributed by atoms with Crippen LogP contribution in [0.5, 0.6) is 0 Å². The third-order valence-electron chi connectivity index (χ3n) is 2.77. The average molecular weight is 374 g/mol. The number of aromatic amines is 1. The van der Waals surface area contributed by atoms with Crippen molar-refractivity contribution in [2.75, 3.05) is 0 Å². The summed E-state index contributed by atoms with van der Waals surface area (Å²) in [5.74, 6) is -1.18. The number of aryl methyl sites for hydroxylation is 1. The molecule has 3 N–H and O–H groups in total. The summed E-state index contributed by atoms with van der Waals surface area (Å²) >= 11 is 3.19. The third-order valence-corrected chi connectivity index (χ3v) is 5.51. The molecule has 0 fully saturated rings. The molecular weight excluding hydrogens is 362 g/mol. The predicted octanol–water partition coefficient (Wildman–Crippen LogP) is 1.66. The first-order chi connectivity index (χ1) is 9.81. The minimum absolute atomic E-state index is 0.0329. The molecule has 0 radical (unpaired) electrons. The molecule has 112 valence electrons. The summed E-state index contributed by atoms with van der Waals surface area (Å²) in [4.78, 5) is 10.9. The highest BCUT2D eigenvalue weighted by Gasteiger charge is 2.21. The van der Waals surface area contributed by atoms with Crippen molar-refractivity contribution in [1.82, 2.24) is 14.9 Å². The zero-order valence-corrected chi connectivity index (χ0v) is 13.3. The Labute approximate surface area is 129 Å². The second-order valence-corrected chi connectivity index (χ2v) is 6.85. The molecule has 0 bridgehead atoms. The highest BCUT2D eigenvalue weighted by molar-refractivity contribution is 9.10. The number of rotatable bonds is 5. The van der Waals surface area contributed by atoms with Crippen LogP contribution in [0.4, 0.5) is 0 Å². The van der Waals surface area contributed by atoms with Crippen LogP contribution in [0.1, 0.15) is 21.6 Å². The van der Waals surface area contributed by atoms with E-state index in [0.29, 0.717) is 15.7 Å². The first-order valence-electron chi connectivity index (χ1n) is 5.82. The molecule has 7 nitrogen and oxygen atoms in total. The van der Waals surface area contributed by atoms with E-state index < -0.39 is 16.0 Å². The van der Waals surface area contributed by atoms with Crippen molar-refractivity contribution in [1.29, 1.82) is 0 Å². The van der Waals surface area contributed by atoms with E-state index in [9.17, 15) is 13.2 Å². The van der Waals surface area contributed by atoms with Gasteiger partial charge in [0, 0.05) is 10.7 Å². The topological polar surface area (TPSA) is 112 Å². The van der Waals surface area contributed by atoms with Gasteiger partial charge in [-0.1, -0.05) is 0 Å². The summed E-state index contributed by atoms with van der Waals surface area (Å²) in [6, 6.07) is 4.16. The molecule has 0 saturated carbocycles. The number of hydrogen-bond donors (Lipinski definition) is 3. The molecule has 2 rings (SSSR count). The lowest BCUT2D eigenvalue weighted by molar-refractivity contribution is 0.0696. The number of carboxylic acid groups (broad SMARTS) is 1. The van der Waals surface area contributed by atoms with Crippen LogP contribution in [0, 0.1) is 6.92 Å². The van der Waals surface area contributed by atoms with Crippen LogP contribution in [0.25, 0.3) is 0 Å². The summed E-state index contributed by atoms with van der Waals surface area (Å²) in [7, 11) is -3.85. The molecule has 2 aromatic rings. The zero-order chi connectivity index (χ0) is 15.6. The van der Waals surface area contributed by atoms with E-state index in [1.807, 2.05) is 0 Å². The second-order valence-electron chi connectivity index (χ2n) is 4.32. The fraction of sp³-hybridized carbons (Fsp3) is 0.167. The number of aromatic nitrogens is 2. The molecule has 0 aliphatic carbocycles. The SMILES string of the molecule is Cc1cc(C(=O)O)cc(S(=O)(=O)NCc2ccn[nH]2)c1Br. The molecule has 0 amide bonds. The normalized spacial score (nSPS) is 11.5. The van der Waals surface area contributed by atoms with E-state index in [1.54, 1.807) is 13.0 Å². The highest BCUT2D eigenvalue weighted by Crippen LogP contribution is 2.27. The number of sulfonamides is 1. The van der Waals surface area contributed by atoms with Crippen LogP contribution in [0.3, 0.4) is 0 Å². The van der Waals surface area contributed by atoms with Gasteiger partial charge in [-0.2, -0.15) is 5.10 Å². The van der Waals surface area contributed by atoms with E-state index in [0.717, 1.165) is 6.07 Å². The van der Waals surface area contributed by atoms with Crippen LogP contribution < -0.4 is 4.72 Å². The number of hydrogen-bond acceptors (Lipinski definition) is 4. The van der Waals surface area contributed by atoms with Gasteiger partial charge in [0.15, 0.2) is 0 Å². The summed E-state index contributed by atoms with van der Waals surface area (Å²) in [6.07, 6.45) is 1.51. The van der Waals surface area contributed by atoms with Crippen molar-refractivity contribution >= 4 is 31.9 Å². The Hall–Kier alpha value is -1.71. The largest absolute Gasteiger partial charge is 0.478 e. The van der Waals surface area contributed by atoms with Crippen molar-refractivity contribution in [2.45, 2.75) is 18.4 Å². The van der Waals surface area contributed by atoms with Gasteiger partial charge in [0.05, 0.1) is 22.7 Å². The number of aromatic carboxylic acids is 1. The Morgan fingerprint density at radius 1 is 1.48 bits per heavy atom. The smallest absolute Gasteiger partial charge is 0.335 e. The van der Waals surface area contributed by atoms with Gasteiger partial charge in [0.1, 0.15) is 0 Å². The fourth-order valence-electron chi connectivity index (χ4n) is 1.69. The van der Waals surface area contributed by atoms with Gasteiger partial charge in [-0.3, -0.25) is 5.10 Å². The molecule has 0 unspecified atom stereocenters. The van der Waals surface area contributed by atoms with Gasteiger partial charge in [-0.15, -0.1) is 0 Å². The Morgan fingerprint density at radius 3 is 2.76 bits per heavy atom. The van der Waals surface area contributed by atoms with E-state index in [4.69, 9.17) is 5.11 Å². The van der Waals surface area contributed by atoms with Crippen LogP contribution in [0.15, 0.2) is 33.8 Å². The first-order valence-corrected chi connectivity index (χ1v) is 8.10. The maximum absolute atomic E-state index is 12.3. The molecular formula is C12H12BrN3O4S. The Balaban J connectivity index is 2.37. The molecule has 1 aromatic heterocycles. The van der Waals surface area contributed by atoms with Gasteiger partial charge in [0.2, 0.25) is 10.0 Å². The van der Waals surface area contributed by atoms with Crippen molar-refractivity contribution in [3.8, 4) is 0 Å². The number of halogens is 1. The first kappa shape index (κ1) is 15.7. The number of nitrogens with zero attached hydrogens (tertiary/aromatic N) is 1. The maximum atomic E-state index is 12.3. The average Bonchev–Trinajstić information content (AvgIpc) is 2.92. The molecule has 21 heavy (non-hydrogen) atoms. The molecule has 9 heteroatoms. The van der Waals surface area contributed by atoms with E-state index >= 15 is 0 Å². The van der Waals surface area contributed by atoms with Gasteiger partial charge in [0.25, 0.3) is 0 Å². The third kappa shape index (κ3) is 3.49.